The van der Waals surface area contributed by atoms with Crippen molar-refractivity contribution in [1.82, 2.24) is 20.5 Å². The van der Waals surface area contributed by atoms with Crippen LogP contribution in [0.2, 0.25) is 0 Å². The van der Waals surface area contributed by atoms with Gasteiger partial charge in [-0.25, -0.2) is 0 Å². The first kappa shape index (κ1) is 13.8. The summed E-state index contributed by atoms with van der Waals surface area (Å²) in [7, 11) is 0. The molecule has 6 heteroatoms. The zero-order valence-electron chi connectivity index (χ0n) is 12.4. The number of aromatic nitrogens is 3. The summed E-state index contributed by atoms with van der Waals surface area (Å²) in [4.78, 5) is 6.64. The molecule has 1 unspecified atom stereocenters. The van der Waals surface area contributed by atoms with Crippen molar-refractivity contribution in [2.45, 2.75) is 51.2 Å². The maximum Gasteiger partial charge on any atom is 0.244 e. The number of piperidine rings is 1. The summed E-state index contributed by atoms with van der Waals surface area (Å²) in [6.45, 7) is 6.63. The minimum atomic E-state index is -0.961. The third-order valence-electron chi connectivity index (χ3n) is 4.54. The highest BCUT2D eigenvalue weighted by atomic mass is 16.3. The lowest BCUT2D eigenvalue weighted by atomic mass is 9.89. The molecule has 6 nitrogen and oxygen atoms in total. The monoisotopic (exact) mass is 279 g/mol. The van der Waals surface area contributed by atoms with Gasteiger partial charge in [0.1, 0.15) is 5.60 Å². The molecule has 3 heterocycles. The van der Waals surface area contributed by atoms with E-state index in [4.69, 9.17) is 0 Å². The standard InChI is InChI=1S/C14H25N5O/c1-14(2,20)12-16-13(18-17-12)19-8-5-10(6-9-19)11-4-3-7-15-11/h10-11,15,20H,3-9H2,1-2H3,(H,16,17,18). The first-order valence-corrected chi connectivity index (χ1v) is 7.67. The van der Waals surface area contributed by atoms with E-state index < -0.39 is 5.60 Å². The molecule has 0 spiro atoms. The average Bonchev–Trinajstić information content (AvgIpc) is 3.10. The summed E-state index contributed by atoms with van der Waals surface area (Å²) in [5.74, 6) is 2.05. The minimum absolute atomic E-state index is 0.534. The van der Waals surface area contributed by atoms with Crippen LogP contribution in [0.4, 0.5) is 5.95 Å². The highest BCUT2D eigenvalue weighted by molar-refractivity contribution is 5.30. The number of hydrogen-bond acceptors (Lipinski definition) is 5. The van der Waals surface area contributed by atoms with Crippen LogP contribution in [0.3, 0.4) is 0 Å². The van der Waals surface area contributed by atoms with Crippen LogP contribution in [0.25, 0.3) is 0 Å². The number of nitrogens with one attached hydrogen (secondary N) is 2. The quantitative estimate of drug-likeness (QED) is 0.769. The van der Waals surface area contributed by atoms with Crippen molar-refractivity contribution >= 4 is 5.95 Å². The van der Waals surface area contributed by atoms with Gasteiger partial charge >= 0.3 is 0 Å². The van der Waals surface area contributed by atoms with Crippen LogP contribution in [-0.4, -0.2) is 46.0 Å². The third kappa shape index (κ3) is 2.81. The topological polar surface area (TPSA) is 77.1 Å². The van der Waals surface area contributed by atoms with Gasteiger partial charge in [-0.3, -0.25) is 5.10 Å². The van der Waals surface area contributed by atoms with Crippen molar-refractivity contribution in [3.05, 3.63) is 5.82 Å². The largest absolute Gasteiger partial charge is 0.382 e. The lowest BCUT2D eigenvalue weighted by Crippen LogP contribution is -2.41. The molecular weight excluding hydrogens is 254 g/mol. The first-order valence-electron chi connectivity index (χ1n) is 7.67. The van der Waals surface area contributed by atoms with E-state index in [1.807, 2.05) is 0 Å². The number of nitrogens with zero attached hydrogens (tertiary/aromatic N) is 3. The van der Waals surface area contributed by atoms with E-state index in [1.54, 1.807) is 13.8 Å². The fraction of sp³-hybridized carbons (Fsp3) is 0.857. The Morgan fingerprint density at radius 2 is 2.00 bits per heavy atom. The molecule has 2 aliphatic heterocycles. The Hall–Kier alpha value is -1.14. The number of hydrogen-bond donors (Lipinski definition) is 3. The Bertz CT molecular complexity index is 439. The second-order valence-corrected chi connectivity index (χ2v) is 6.57. The van der Waals surface area contributed by atoms with Gasteiger partial charge in [-0.2, -0.15) is 4.98 Å². The molecule has 0 saturated carbocycles. The molecule has 2 saturated heterocycles. The van der Waals surface area contributed by atoms with Crippen LogP contribution in [0.5, 0.6) is 0 Å². The van der Waals surface area contributed by atoms with Crippen molar-refractivity contribution in [2.75, 3.05) is 24.5 Å². The van der Waals surface area contributed by atoms with Crippen molar-refractivity contribution in [2.24, 2.45) is 5.92 Å². The molecule has 3 N–H and O–H groups in total. The summed E-state index contributed by atoms with van der Waals surface area (Å²) in [5, 5.41) is 20.6. The number of anilines is 1. The van der Waals surface area contributed by atoms with E-state index >= 15 is 0 Å². The smallest absolute Gasteiger partial charge is 0.244 e. The second-order valence-electron chi connectivity index (χ2n) is 6.57. The summed E-state index contributed by atoms with van der Waals surface area (Å²) in [6, 6.07) is 0.719. The summed E-state index contributed by atoms with van der Waals surface area (Å²) in [6.07, 6.45) is 5.04. The second kappa shape index (κ2) is 5.33. The van der Waals surface area contributed by atoms with E-state index in [0.29, 0.717) is 5.82 Å². The number of aromatic amines is 1. The van der Waals surface area contributed by atoms with Crippen molar-refractivity contribution in [3.8, 4) is 0 Å². The molecule has 1 aromatic rings. The Kier molecular flexibility index (Phi) is 3.69. The van der Waals surface area contributed by atoms with Gasteiger partial charge in [-0.05, 0) is 52.0 Å². The van der Waals surface area contributed by atoms with Gasteiger partial charge in [-0.15, -0.1) is 5.10 Å². The average molecular weight is 279 g/mol. The van der Waals surface area contributed by atoms with E-state index in [-0.39, 0.29) is 0 Å². The van der Waals surface area contributed by atoms with Crippen LogP contribution < -0.4 is 10.2 Å². The molecule has 2 fully saturated rings. The molecule has 112 valence electrons. The van der Waals surface area contributed by atoms with Gasteiger partial charge in [0, 0.05) is 19.1 Å². The molecule has 0 aromatic carbocycles. The highest BCUT2D eigenvalue weighted by Crippen LogP contribution is 2.27. The molecule has 0 bridgehead atoms. The van der Waals surface area contributed by atoms with Gasteiger partial charge in [0.15, 0.2) is 5.82 Å². The molecular formula is C14H25N5O. The van der Waals surface area contributed by atoms with E-state index in [1.165, 1.54) is 32.2 Å². The fourth-order valence-electron chi connectivity index (χ4n) is 3.28. The maximum atomic E-state index is 9.93. The number of rotatable bonds is 3. The van der Waals surface area contributed by atoms with Gasteiger partial charge in [0.05, 0.1) is 0 Å². The first-order chi connectivity index (χ1) is 9.54. The fourth-order valence-corrected chi connectivity index (χ4v) is 3.28. The predicted molar refractivity (Wildman–Crippen MR) is 77.6 cm³/mol. The molecule has 1 atom stereocenters. The molecule has 3 rings (SSSR count). The van der Waals surface area contributed by atoms with Crippen LogP contribution in [-0.2, 0) is 5.60 Å². The molecule has 0 radical (unpaired) electrons. The van der Waals surface area contributed by atoms with Crippen LogP contribution in [0, 0.1) is 5.92 Å². The molecule has 1 aromatic heterocycles. The van der Waals surface area contributed by atoms with E-state index in [2.05, 4.69) is 25.4 Å². The van der Waals surface area contributed by atoms with Gasteiger partial charge in [-0.1, -0.05) is 0 Å². The Morgan fingerprint density at radius 3 is 2.55 bits per heavy atom. The lowest BCUT2D eigenvalue weighted by molar-refractivity contribution is 0.0691. The molecule has 20 heavy (non-hydrogen) atoms. The predicted octanol–water partition coefficient (Wildman–Crippen LogP) is 1.00. The van der Waals surface area contributed by atoms with Crippen molar-refractivity contribution < 1.29 is 5.11 Å². The van der Waals surface area contributed by atoms with Gasteiger partial charge in [0.2, 0.25) is 5.95 Å². The van der Waals surface area contributed by atoms with Crippen LogP contribution in [0.15, 0.2) is 0 Å². The molecule has 0 amide bonds. The van der Waals surface area contributed by atoms with E-state index in [0.717, 1.165) is 31.0 Å². The third-order valence-corrected chi connectivity index (χ3v) is 4.54. The van der Waals surface area contributed by atoms with Crippen LogP contribution in [0.1, 0.15) is 45.4 Å². The zero-order chi connectivity index (χ0) is 14.2. The highest BCUT2D eigenvalue weighted by Gasteiger charge is 2.30. The Balaban J connectivity index is 1.59. The van der Waals surface area contributed by atoms with Gasteiger partial charge < -0.3 is 15.3 Å². The normalized spacial score (nSPS) is 25.4. The van der Waals surface area contributed by atoms with E-state index in [9.17, 15) is 5.11 Å². The van der Waals surface area contributed by atoms with Crippen molar-refractivity contribution in [1.29, 1.82) is 0 Å². The number of H-pyrrole nitrogens is 1. The summed E-state index contributed by atoms with van der Waals surface area (Å²) in [5.41, 5.74) is -0.961. The lowest BCUT2D eigenvalue weighted by Gasteiger charge is -2.34. The summed E-state index contributed by atoms with van der Waals surface area (Å²) >= 11 is 0. The maximum absolute atomic E-state index is 9.93. The van der Waals surface area contributed by atoms with Crippen molar-refractivity contribution in [3.63, 3.8) is 0 Å². The Morgan fingerprint density at radius 1 is 1.25 bits per heavy atom. The molecule has 0 aliphatic carbocycles. The zero-order valence-corrected chi connectivity index (χ0v) is 12.4. The SMILES string of the molecule is CC(C)(O)c1nc(N2CCC(C3CCCN3)CC2)n[nH]1. The van der Waals surface area contributed by atoms with Gasteiger partial charge in [0.25, 0.3) is 0 Å². The Labute approximate surface area is 120 Å². The summed E-state index contributed by atoms with van der Waals surface area (Å²) < 4.78 is 0. The number of aliphatic hydroxyl groups is 1. The molecule has 2 aliphatic rings. The van der Waals surface area contributed by atoms with Crippen LogP contribution >= 0.6 is 0 Å². The minimum Gasteiger partial charge on any atom is -0.382 e.